The monoisotopic (exact) mass is 798 g/mol. The number of nitrogens with zero attached hydrogens (tertiary/aromatic N) is 4. The first kappa shape index (κ1) is 37.1. The predicted octanol–water partition coefficient (Wildman–Crippen LogP) is 9.07. The summed E-state index contributed by atoms with van der Waals surface area (Å²) in [4.78, 5) is 36.0. The number of hydrogen-bond donors (Lipinski definition) is 4. The van der Waals surface area contributed by atoms with Crippen LogP contribution in [-0.2, 0) is 30.7 Å². The van der Waals surface area contributed by atoms with E-state index in [9.17, 15) is 4.79 Å². The van der Waals surface area contributed by atoms with Gasteiger partial charge in [-0.1, -0.05) is 12.1 Å². The molecular formula is C51H58N8O. The molecule has 12 rings (SSSR count). The molecule has 2 atom stereocenters. The van der Waals surface area contributed by atoms with Gasteiger partial charge in [0.2, 0.25) is 0 Å². The molecule has 4 fully saturated rings. The first-order chi connectivity index (χ1) is 29.3. The number of H-pyrrole nitrogens is 2. The molecule has 9 nitrogen and oxygen atoms in total. The summed E-state index contributed by atoms with van der Waals surface area (Å²) in [5.74, 6) is 0.480. The summed E-state index contributed by atoms with van der Waals surface area (Å²) in [6.45, 7) is 10.4. The molecule has 6 aliphatic rings. The Labute approximate surface area is 353 Å². The highest BCUT2D eigenvalue weighted by Gasteiger charge is 2.54. The number of Topliss-reactive ketones (excluding diaryl/α,β-unsaturated/α-hetero) is 1. The number of aromatic nitrogens is 4. The Morgan fingerprint density at radius 3 is 1.53 bits per heavy atom. The van der Waals surface area contributed by atoms with Gasteiger partial charge in [0.05, 0.1) is 0 Å². The molecule has 308 valence electrons. The Balaban J connectivity index is 0.770. The Hall–Kier alpha value is -4.67. The molecule has 2 aromatic carbocycles. The Morgan fingerprint density at radius 1 is 0.650 bits per heavy atom. The van der Waals surface area contributed by atoms with Gasteiger partial charge < -0.3 is 20.6 Å². The number of aromatic amines is 2. The number of pyridine rings is 2. The van der Waals surface area contributed by atoms with E-state index in [-0.39, 0.29) is 11.1 Å². The third kappa shape index (κ3) is 6.38. The van der Waals surface area contributed by atoms with Crippen LogP contribution in [0.3, 0.4) is 0 Å². The van der Waals surface area contributed by atoms with Crippen molar-refractivity contribution in [2.75, 3.05) is 26.2 Å². The Bertz CT molecular complexity index is 2490. The lowest BCUT2D eigenvalue weighted by molar-refractivity contribution is -0.122. The highest BCUT2D eigenvalue weighted by atomic mass is 16.1. The minimum Gasteiger partial charge on any atom is -0.346 e. The van der Waals surface area contributed by atoms with Gasteiger partial charge in [0.1, 0.15) is 17.1 Å². The number of ketones is 1. The third-order valence-corrected chi connectivity index (χ3v) is 15.8. The zero-order chi connectivity index (χ0) is 40.2. The first-order valence-corrected chi connectivity index (χ1v) is 23.0. The van der Waals surface area contributed by atoms with E-state index in [1.807, 2.05) is 12.4 Å². The second kappa shape index (κ2) is 14.2. The molecular weight excluding hydrogens is 741 g/mol. The van der Waals surface area contributed by atoms with Crippen molar-refractivity contribution in [3.8, 4) is 22.3 Å². The van der Waals surface area contributed by atoms with E-state index >= 15 is 0 Å². The van der Waals surface area contributed by atoms with Crippen LogP contribution in [0.4, 0.5) is 0 Å². The van der Waals surface area contributed by atoms with Crippen molar-refractivity contribution in [3.63, 3.8) is 0 Å². The lowest BCUT2D eigenvalue weighted by Gasteiger charge is -2.39. The van der Waals surface area contributed by atoms with E-state index in [1.165, 1.54) is 103 Å². The van der Waals surface area contributed by atoms with Crippen LogP contribution in [0.2, 0.25) is 0 Å². The standard InChI is InChI=1S/C51H58N8O/c1-31-25-54-48-40(31)21-37(27-56-48)35-17-33-7-15-58(29-44(33)42(19-35)46-5-3-13-52-46)50(9-10-50)23-39(60)24-51(11-12-51)59-16-8-34-18-36(20-43(45(34)30-59)47-6-4-14-53-47)38-22-41-32(2)26-55-49(41)57-28-38/h17-22,25-28,46-47,52-53H,3-16,23-24,29-30H2,1-2H3,(H,54,56)(H,55,57)/t46-,47-/m0/s1. The smallest absolute Gasteiger partial charge is 0.137 e. The lowest BCUT2D eigenvalue weighted by Crippen LogP contribution is -2.45. The number of benzene rings is 2. The summed E-state index contributed by atoms with van der Waals surface area (Å²) in [5.41, 5.74) is 18.3. The summed E-state index contributed by atoms with van der Waals surface area (Å²) in [6, 6.07) is 15.2. The molecule has 2 saturated carbocycles. The normalized spacial score (nSPS) is 23.3. The summed E-state index contributed by atoms with van der Waals surface area (Å²) < 4.78 is 0. The van der Waals surface area contributed by atoms with Gasteiger partial charge in [-0.3, -0.25) is 14.6 Å². The van der Waals surface area contributed by atoms with E-state index in [0.717, 1.165) is 89.1 Å². The topological polar surface area (TPSA) is 105 Å². The number of aryl methyl sites for hydroxylation is 2. The highest BCUT2D eigenvalue weighted by Crippen LogP contribution is 2.52. The van der Waals surface area contributed by atoms with Crippen LogP contribution >= 0.6 is 0 Å². The zero-order valence-electron chi connectivity index (χ0n) is 35.4. The minimum atomic E-state index is 0.0215. The van der Waals surface area contributed by atoms with Crippen LogP contribution in [0.25, 0.3) is 44.3 Å². The van der Waals surface area contributed by atoms with Gasteiger partial charge in [-0.05, 0) is 171 Å². The van der Waals surface area contributed by atoms with Crippen molar-refractivity contribution in [1.82, 2.24) is 40.4 Å². The number of rotatable bonds is 10. The van der Waals surface area contributed by atoms with Gasteiger partial charge in [-0.2, -0.15) is 0 Å². The average molecular weight is 799 g/mol. The second-order valence-corrected chi connectivity index (χ2v) is 19.6. The van der Waals surface area contributed by atoms with E-state index in [2.05, 4.69) is 93.0 Å². The van der Waals surface area contributed by atoms with E-state index in [4.69, 9.17) is 9.97 Å². The third-order valence-electron chi connectivity index (χ3n) is 15.8. The maximum atomic E-state index is 14.4. The molecule has 6 aromatic rings. The van der Waals surface area contributed by atoms with Gasteiger partial charge in [-0.25, -0.2) is 9.97 Å². The number of nitrogens with one attached hydrogen (secondary N) is 4. The van der Waals surface area contributed by atoms with Crippen LogP contribution in [0.1, 0.15) is 121 Å². The van der Waals surface area contributed by atoms with Crippen LogP contribution in [0.15, 0.2) is 61.2 Å². The van der Waals surface area contributed by atoms with Crippen molar-refractivity contribution < 1.29 is 4.79 Å². The van der Waals surface area contributed by atoms with Crippen molar-refractivity contribution in [3.05, 3.63) is 106 Å². The predicted molar refractivity (Wildman–Crippen MR) is 239 cm³/mol. The SMILES string of the molecule is Cc1c[nH]c2ncc(-c3cc4c(c([C@@H]5CCCN5)c3)CN(C3(CC(=O)CC5(N6CCc7cc(-c8cnc9[nH]cc(C)c9c8)cc([C@@H]8CCCN8)c7C6)CC5)CC3)CC4)cc12. The quantitative estimate of drug-likeness (QED) is 0.110. The van der Waals surface area contributed by atoms with Gasteiger partial charge in [0.25, 0.3) is 0 Å². The van der Waals surface area contributed by atoms with Gasteiger partial charge in [-0.15, -0.1) is 0 Å². The molecule has 0 spiro atoms. The maximum Gasteiger partial charge on any atom is 0.137 e. The fourth-order valence-electron chi connectivity index (χ4n) is 11.9. The van der Waals surface area contributed by atoms with Crippen molar-refractivity contribution >= 4 is 27.9 Å². The van der Waals surface area contributed by atoms with E-state index in [1.54, 1.807) is 0 Å². The zero-order valence-corrected chi connectivity index (χ0v) is 35.4. The molecule has 0 amide bonds. The van der Waals surface area contributed by atoms with Gasteiger partial charge >= 0.3 is 0 Å². The molecule has 2 aliphatic carbocycles. The van der Waals surface area contributed by atoms with Crippen LogP contribution in [-0.4, -0.2) is 72.8 Å². The van der Waals surface area contributed by atoms with E-state index in [0.29, 0.717) is 30.7 Å². The molecule has 9 heteroatoms. The fraction of sp³-hybridized carbons (Fsp3) is 0.471. The fourth-order valence-corrected chi connectivity index (χ4v) is 11.9. The molecule has 60 heavy (non-hydrogen) atoms. The number of fused-ring (bicyclic) bond motifs is 4. The summed E-state index contributed by atoms with van der Waals surface area (Å²) in [5, 5.41) is 10.1. The number of carbonyl (C=O) groups is 1. The van der Waals surface area contributed by atoms with Gasteiger partial charge in [0.15, 0.2) is 0 Å². The molecule has 0 radical (unpaired) electrons. The van der Waals surface area contributed by atoms with Crippen molar-refractivity contribution in [2.45, 2.75) is 127 Å². The van der Waals surface area contributed by atoms with E-state index < -0.39 is 0 Å². The number of carbonyl (C=O) groups excluding carboxylic acids is 1. The van der Waals surface area contributed by atoms with Crippen LogP contribution < -0.4 is 10.6 Å². The molecule has 2 saturated heterocycles. The molecule has 0 unspecified atom stereocenters. The lowest BCUT2D eigenvalue weighted by atomic mass is 9.85. The maximum absolute atomic E-state index is 14.4. The first-order valence-electron chi connectivity index (χ1n) is 23.0. The molecule has 4 aromatic heterocycles. The van der Waals surface area contributed by atoms with Crippen molar-refractivity contribution in [1.29, 1.82) is 0 Å². The van der Waals surface area contributed by atoms with Crippen LogP contribution in [0, 0.1) is 13.8 Å². The van der Waals surface area contributed by atoms with Gasteiger partial charge in [0, 0.05) is 109 Å². The summed E-state index contributed by atoms with van der Waals surface area (Å²) >= 11 is 0. The minimum absolute atomic E-state index is 0.0215. The van der Waals surface area contributed by atoms with Crippen molar-refractivity contribution in [2.24, 2.45) is 0 Å². The number of hydrogen-bond acceptors (Lipinski definition) is 7. The largest absolute Gasteiger partial charge is 0.346 e. The molecule has 4 N–H and O–H groups in total. The second-order valence-electron chi connectivity index (χ2n) is 19.6. The molecule has 4 aliphatic heterocycles. The molecule has 0 bridgehead atoms. The Morgan fingerprint density at radius 2 is 1.12 bits per heavy atom. The highest BCUT2D eigenvalue weighted by molar-refractivity contribution is 5.86. The summed E-state index contributed by atoms with van der Waals surface area (Å²) in [7, 11) is 0. The molecule has 8 heterocycles. The Kier molecular flexibility index (Phi) is 8.78. The summed E-state index contributed by atoms with van der Waals surface area (Å²) in [6.07, 6.45) is 21.0. The van der Waals surface area contributed by atoms with Crippen LogP contribution in [0.5, 0.6) is 0 Å². The average Bonchev–Trinajstić information content (AvgIpc) is 3.84.